The minimum atomic E-state index is -0.801. The number of ether oxygens (including phenoxy) is 3. The third-order valence-electron chi connectivity index (χ3n) is 4.48. The van der Waals surface area contributed by atoms with Crippen molar-refractivity contribution < 1.29 is 28.9 Å². The van der Waals surface area contributed by atoms with E-state index in [-0.39, 0.29) is 31.4 Å². The third kappa shape index (κ3) is 6.18. The van der Waals surface area contributed by atoms with Crippen molar-refractivity contribution in [3.8, 4) is 17.2 Å². The Morgan fingerprint density at radius 1 is 1.15 bits per heavy atom. The molecule has 1 aromatic carbocycles. The molecule has 9 heteroatoms. The largest absolute Gasteiger partial charge is 0.496 e. The summed E-state index contributed by atoms with van der Waals surface area (Å²) < 4.78 is 15.9. The zero-order valence-electron chi connectivity index (χ0n) is 15.8. The zero-order chi connectivity index (χ0) is 19.1. The van der Waals surface area contributed by atoms with E-state index >= 15 is 0 Å². The molecule has 0 bridgehead atoms. The van der Waals surface area contributed by atoms with Crippen LogP contribution in [0.4, 0.5) is 0 Å². The van der Waals surface area contributed by atoms with E-state index in [2.05, 4.69) is 5.32 Å². The maximum absolute atomic E-state index is 12.2. The highest BCUT2D eigenvalue weighted by atomic mass is 35.5. The molecule has 1 amide bonds. The molecular weight excluding hydrogens is 376 g/mol. The van der Waals surface area contributed by atoms with Crippen LogP contribution in [0.25, 0.3) is 0 Å². The van der Waals surface area contributed by atoms with Gasteiger partial charge in [-0.05, 0) is 25.5 Å². The van der Waals surface area contributed by atoms with Crippen molar-refractivity contribution in [3.63, 3.8) is 0 Å². The minimum absolute atomic E-state index is 0. The standard InChI is InChI=1S/C18H26N2O6.ClH/c1-24-14-8-16(26-3)15(25-2)7-13(14)9-19-17(21)11-20-6-4-5-12(10-20)18(22)23;/h7-8,12H,4-6,9-11H2,1-3H3,(H,19,21)(H,22,23);1H. The van der Waals surface area contributed by atoms with E-state index in [1.54, 1.807) is 33.5 Å². The van der Waals surface area contributed by atoms with Crippen LogP contribution >= 0.6 is 12.4 Å². The summed E-state index contributed by atoms with van der Waals surface area (Å²) in [5.41, 5.74) is 0.764. The van der Waals surface area contributed by atoms with E-state index in [9.17, 15) is 9.59 Å². The fourth-order valence-electron chi connectivity index (χ4n) is 3.08. The number of carbonyl (C=O) groups excluding carboxylic acids is 1. The van der Waals surface area contributed by atoms with Crippen molar-refractivity contribution >= 4 is 24.3 Å². The third-order valence-corrected chi connectivity index (χ3v) is 4.48. The first-order valence-electron chi connectivity index (χ1n) is 8.49. The van der Waals surface area contributed by atoms with Crippen LogP contribution in [-0.2, 0) is 16.1 Å². The number of rotatable bonds is 8. The number of amides is 1. The molecule has 1 unspecified atom stereocenters. The molecule has 1 aromatic rings. The predicted molar refractivity (Wildman–Crippen MR) is 102 cm³/mol. The van der Waals surface area contributed by atoms with Crippen molar-refractivity contribution in [1.29, 1.82) is 0 Å². The van der Waals surface area contributed by atoms with Crippen LogP contribution in [0.15, 0.2) is 12.1 Å². The SMILES string of the molecule is COc1cc(OC)c(OC)cc1CNC(=O)CN1CCCC(C(=O)O)C1.Cl. The lowest BCUT2D eigenvalue weighted by molar-refractivity contribution is -0.144. The van der Waals surface area contributed by atoms with Gasteiger partial charge in [0, 0.05) is 24.7 Å². The van der Waals surface area contributed by atoms with E-state index in [4.69, 9.17) is 19.3 Å². The van der Waals surface area contributed by atoms with E-state index in [1.165, 1.54) is 0 Å². The molecule has 152 valence electrons. The Hall–Kier alpha value is -2.19. The molecule has 1 heterocycles. The fraction of sp³-hybridized carbons (Fsp3) is 0.556. The van der Waals surface area contributed by atoms with Crippen LogP contribution in [-0.4, -0.2) is 62.8 Å². The number of carboxylic acids is 1. The highest BCUT2D eigenvalue weighted by Crippen LogP contribution is 2.34. The van der Waals surface area contributed by atoms with Gasteiger partial charge < -0.3 is 24.6 Å². The summed E-state index contributed by atoms with van der Waals surface area (Å²) in [4.78, 5) is 25.2. The Morgan fingerprint density at radius 3 is 2.37 bits per heavy atom. The molecule has 1 aliphatic rings. The summed E-state index contributed by atoms with van der Waals surface area (Å²) in [7, 11) is 4.63. The lowest BCUT2D eigenvalue weighted by Crippen LogP contribution is -2.44. The van der Waals surface area contributed by atoms with Gasteiger partial charge in [0.05, 0.1) is 33.8 Å². The van der Waals surface area contributed by atoms with E-state index < -0.39 is 11.9 Å². The van der Waals surface area contributed by atoms with Gasteiger partial charge >= 0.3 is 5.97 Å². The summed E-state index contributed by atoms with van der Waals surface area (Å²) in [5, 5.41) is 12.0. The number of piperidine rings is 1. The molecule has 1 atom stereocenters. The molecular formula is C18H27ClN2O6. The Balaban J connectivity index is 0.00000364. The van der Waals surface area contributed by atoms with Crippen molar-refractivity contribution in [2.45, 2.75) is 19.4 Å². The molecule has 1 fully saturated rings. The Kier molecular flexibility index (Phi) is 9.17. The van der Waals surface area contributed by atoms with E-state index in [0.717, 1.165) is 18.5 Å². The summed E-state index contributed by atoms with van der Waals surface area (Å²) in [6, 6.07) is 3.47. The summed E-state index contributed by atoms with van der Waals surface area (Å²) >= 11 is 0. The number of aliphatic carboxylic acids is 1. The topological polar surface area (TPSA) is 97.3 Å². The van der Waals surface area contributed by atoms with E-state index in [1.807, 2.05) is 4.90 Å². The lowest BCUT2D eigenvalue weighted by Gasteiger charge is -2.29. The second-order valence-corrected chi connectivity index (χ2v) is 6.21. The summed E-state index contributed by atoms with van der Waals surface area (Å²) in [6.07, 6.45) is 1.45. The van der Waals surface area contributed by atoms with Crippen LogP contribution in [0.2, 0.25) is 0 Å². The van der Waals surface area contributed by atoms with Gasteiger partial charge in [-0.3, -0.25) is 14.5 Å². The molecule has 2 N–H and O–H groups in total. The van der Waals surface area contributed by atoms with Crippen LogP contribution in [0, 0.1) is 5.92 Å². The molecule has 27 heavy (non-hydrogen) atoms. The van der Waals surface area contributed by atoms with Crippen molar-refractivity contribution in [3.05, 3.63) is 17.7 Å². The fourth-order valence-corrected chi connectivity index (χ4v) is 3.08. The second-order valence-electron chi connectivity index (χ2n) is 6.21. The van der Waals surface area contributed by atoms with Gasteiger partial charge in [-0.2, -0.15) is 0 Å². The lowest BCUT2D eigenvalue weighted by atomic mass is 9.98. The van der Waals surface area contributed by atoms with Crippen molar-refractivity contribution in [1.82, 2.24) is 10.2 Å². The number of likely N-dealkylation sites (tertiary alicyclic amines) is 1. The molecule has 1 saturated heterocycles. The number of benzene rings is 1. The highest BCUT2D eigenvalue weighted by molar-refractivity contribution is 5.85. The van der Waals surface area contributed by atoms with Crippen LogP contribution in [0.5, 0.6) is 17.2 Å². The Morgan fingerprint density at radius 2 is 1.78 bits per heavy atom. The Labute approximate surface area is 165 Å². The molecule has 1 aliphatic heterocycles. The molecule has 0 radical (unpaired) electrons. The average molecular weight is 403 g/mol. The molecule has 2 rings (SSSR count). The van der Waals surface area contributed by atoms with Gasteiger partial charge in [0.2, 0.25) is 5.91 Å². The molecule has 0 aromatic heterocycles. The monoisotopic (exact) mass is 402 g/mol. The maximum Gasteiger partial charge on any atom is 0.307 e. The van der Waals surface area contributed by atoms with Crippen molar-refractivity contribution in [2.24, 2.45) is 5.92 Å². The van der Waals surface area contributed by atoms with Crippen LogP contribution < -0.4 is 19.5 Å². The molecule has 0 saturated carbocycles. The van der Waals surface area contributed by atoms with Gasteiger partial charge in [-0.25, -0.2) is 0 Å². The van der Waals surface area contributed by atoms with E-state index in [0.29, 0.717) is 30.2 Å². The predicted octanol–water partition coefficient (Wildman–Crippen LogP) is 1.55. The molecule has 0 spiro atoms. The molecule has 8 nitrogen and oxygen atoms in total. The number of halogens is 1. The maximum atomic E-state index is 12.2. The van der Waals surface area contributed by atoms with Crippen LogP contribution in [0.3, 0.4) is 0 Å². The van der Waals surface area contributed by atoms with Gasteiger partial charge in [-0.15, -0.1) is 12.4 Å². The number of carboxylic acid groups (broad SMARTS) is 1. The average Bonchev–Trinajstić information content (AvgIpc) is 2.65. The number of hydrogen-bond acceptors (Lipinski definition) is 6. The molecule has 0 aliphatic carbocycles. The van der Waals surface area contributed by atoms with Gasteiger partial charge in [-0.1, -0.05) is 0 Å². The first kappa shape index (κ1) is 22.9. The summed E-state index contributed by atoms with van der Waals surface area (Å²) in [5.74, 6) is 0.331. The number of nitrogens with one attached hydrogen (secondary N) is 1. The highest BCUT2D eigenvalue weighted by Gasteiger charge is 2.26. The second kappa shape index (κ2) is 10.8. The quantitative estimate of drug-likeness (QED) is 0.680. The number of methoxy groups -OCH3 is 3. The Bertz CT molecular complexity index is 655. The minimum Gasteiger partial charge on any atom is -0.496 e. The number of nitrogens with zero attached hydrogens (tertiary/aromatic N) is 1. The normalized spacial score (nSPS) is 16.8. The first-order chi connectivity index (χ1) is 12.5. The zero-order valence-corrected chi connectivity index (χ0v) is 16.6. The van der Waals surface area contributed by atoms with Gasteiger partial charge in [0.25, 0.3) is 0 Å². The number of carbonyl (C=O) groups is 2. The van der Waals surface area contributed by atoms with Gasteiger partial charge in [0.15, 0.2) is 11.5 Å². The van der Waals surface area contributed by atoms with Crippen molar-refractivity contribution in [2.75, 3.05) is 41.0 Å². The first-order valence-corrected chi connectivity index (χ1v) is 8.49. The smallest absolute Gasteiger partial charge is 0.307 e. The number of hydrogen-bond donors (Lipinski definition) is 2. The summed E-state index contributed by atoms with van der Waals surface area (Å²) in [6.45, 7) is 1.59. The van der Waals surface area contributed by atoms with Gasteiger partial charge in [0.1, 0.15) is 5.75 Å². The van der Waals surface area contributed by atoms with Crippen LogP contribution in [0.1, 0.15) is 18.4 Å².